The van der Waals surface area contributed by atoms with Gasteiger partial charge in [0.1, 0.15) is 17.6 Å². The van der Waals surface area contributed by atoms with E-state index < -0.39 is 12.2 Å². The van der Waals surface area contributed by atoms with Crippen molar-refractivity contribution in [2.24, 2.45) is 0 Å². The highest BCUT2D eigenvalue weighted by atomic mass is 79.9. The minimum atomic E-state index is -0.986. The maximum atomic E-state index is 9.86. The van der Waals surface area contributed by atoms with Crippen LogP contribution in [0.1, 0.15) is 11.7 Å². The van der Waals surface area contributed by atoms with Gasteiger partial charge in [0.05, 0.1) is 20.3 Å². The number of hydrogen-bond acceptors (Lipinski definition) is 4. The molecule has 16 heavy (non-hydrogen) atoms. The minimum absolute atomic E-state index is 0.295. The molecule has 0 aliphatic heterocycles. The van der Waals surface area contributed by atoms with Crippen molar-refractivity contribution in [3.8, 4) is 11.5 Å². The number of aliphatic hydroxyl groups is 2. The van der Waals surface area contributed by atoms with Gasteiger partial charge in [-0.1, -0.05) is 15.9 Å². The van der Waals surface area contributed by atoms with E-state index >= 15 is 0 Å². The minimum Gasteiger partial charge on any atom is -0.497 e. The third-order valence-corrected chi connectivity index (χ3v) is 2.95. The van der Waals surface area contributed by atoms with E-state index in [1.165, 1.54) is 7.11 Å². The second-order valence-corrected chi connectivity index (χ2v) is 3.92. The van der Waals surface area contributed by atoms with Crippen LogP contribution in [0.2, 0.25) is 0 Å². The van der Waals surface area contributed by atoms with E-state index in [-0.39, 0.29) is 0 Å². The number of benzene rings is 1. The van der Waals surface area contributed by atoms with Crippen molar-refractivity contribution in [3.63, 3.8) is 0 Å². The molecule has 2 unspecified atom stereocenters. The molecule has 0 aromatic heterocycles. The quantitative estimate of drug-likeness (QED) is 0.807. The molecule has 0 radical (unpaired) electrons. The lowest BCUT2D eigenvalue weighted by atomic mass is 10.0. The van der Waals surface area contributed by atoms with Crippen LogP contribution in [0.25, 0.3) is 0 Å². The fourth-order valence-corrected chi connectivity index (χ4v) is 1.71. The van der Waals surface area contributed by atoms with Gasteiger partial charge in [0.2, 0.25) is 0 Å². The fraction of sp³-hybridized carbons (Fsp3) is 0.455. The summed E-state index contributed by atoms with van der Waals surface area (Å²) >= 11 is 3.11. The average Bonchev–Trinajstić information content (AvgIpc) is 2.35. The third-order valence-electron chi connectivity index (χ3n) is 2.28. The molecule has 0 saturated heterocycles. The van der Waals surface area contributed by atoms with Gasteiger partial charge in [0.15, 0.2) is 0 Å². The Balaban J connectivity index is 3.03. The first kappa shape index (κ1) is 13.3. The van der Waals surface area contributed by atoms with Gasteiger partial charge in [0.25, 0.3) is 0 Å². The van der Waals surface area contributed by atoms with Crippen LogP contribution in [0.4, 0.5) is 0 Å². The van der Waals surface area contributed by atoms with Crippen LogP contribution in [0.5, 0.6) is 11.5 Å². The molecule has 1 aromatic carbocycles. The molecular formula is C11H15BrO4. The van der Waals surface area contributed by atoms with Gasteiger partial charge in [-0.25, -0.2) is 0 Å². The predicted molar refractivity (Wildman–Crippen MR) is 64.3 cm³/mol. The van der Waals surface area contributed by atoms with Crippen molar-refractivity contribution >= 4 is 15.9 Å². The van der Waals surface area contributed by atoms with Crippen LogP contribution in [0.3, 0.4) is 0 Å². The zero-order valence-corrected chi connectivity index (χ0v) is 10.8. The number of halogens is 1. The van der Waals surface area contributed by atoms with E-state index in [9.17, 15) is 10.2 Å². The summed E-state index contributed by atoms with van der Waals surface area (Å²) in [6, 6.07) is 5.05. The summed E-state index contributed by atoms with van der Waals surface area (Å²) in [5, 5.41) is 19.7. The summed E-state index contributed by atoms with van der Waals surface area (Å²) in [5.41, 5.74) is 0.537. The first-order chi connectivity index (χ1) is 7.63. The number of rotatable bonds is 5. The zero-order valence-electron chi connectivity index (χ0n) is 9.18. The number of aliphatic hydroxyl groups excluding tert-OH is 2. The van der Waals surface area contributed by atoms with Crippen molar-refractivity contribution in [2.45, 2.75) is 12.2 Å². The number of hydrogen-bond donors (Lipinski definition) is 2. The van der Waals surface area contributed by atoms with Crippen LogP contribution in [0.15, 0.2) is 18.2 Å². The van der Waals surface area contributed by atoms with E-state index in [0.717, 1.165) is 0 Å². The van der Waals surface area contributed by atoms with Gasteiger partial charge >= 0.3 is 0 Å². The highest BCUT2D eigenvalue weighted by Crippen LogP contribution is 2.31. The van der Waals surface area contributed by atoms with Gasteiger partial charge in [0, 0.05) is 17.0 Å². The van der Waals surface area contributed by atoms with Gasteiger partial charge < -0.3 is 19.7 Å². The third kappa shape index (κ3) is 2.87. The van der Waals surface area contributed by atoms with Crippen LogP contribution >= 0.6 is 15.9 Å². The summed E-state index contributed by atoms with van der Waals surface area (Å²) in [4.78, 5) is 0. The monoisotopic (exact) mass is 290 g/mol. The molecule has 0 aliphatic carbocycles. The Hall–Kier alpha value is -0.780. The molecule has 0 spiro atoms. The maximum Gasteiger partial charge on any atom is 0.128 e. The second kappa shape index (κ2) is 6.08. The van der Waals surface area contributed by atoms with E-state index in [0.29, 0.717) is 22.4 Å². The summed E-state index contributed by atoms with van der Waals surface area (Å²) in [6.07, 6.45) is -1.86. The predicted octanol–water partition coefficient (Wildman–Crippen LogP) is 1.49. The van der Waals surface area contributed by atoms with E-state index in [1.54, 1.807) is 25.3 Å². The second-order valence-electron chi connectivity index (χ2n) is 3.27. The van der Waals surface area contributed by atoms with Crippen molar-refractivity contribution in [1.29, 1.82) is 0 Å². The average molecular weight is 291 g/mol. The fourth-order valence-electron chi connectivity index (χ4n) is 1.35. The molecule has 0 heterocycles. The molecule has 2 N–H and O–H groups in total. The molecule has 0 saturated carbocycles. The van der Waals surface area contributed by atoms with Crippen LogP contribution < -0.4 is 9.47 Å². The molecule has 1 aromatic rings. The molecule has 4 nitrogen and oxygen atoms in total. The standard InChI is InChI=1S/C11H15BrO4/c1-15-7-3-4-8(10(5-7)16-2)11(14)9(13)6-12/h3-5,9,11,13-14H,6H2,1-2H3. The summed E-state index contributed by atoms with van der Waals surface area (Å²) in [5.74, 6) is 1.13. The molecule has 0 bridgehead atoms. The molecule has 0 fully saturated rings. The van der Waals surface area contributed by atoms with E-state index in [1.807, 2.05) is 0 Å². The normalized spacial score (nSPS) is 14.3. The van der Waals surface area contributed by atoms with Gasteiger partial charge in [-0.15, -0.1) is 0 Å². The van der Waals surface area contributed by atoms with Crippen LogP contribution in [-0.4, -0.2) is 35.9 Å². The largest absolute Gasteiger partial charge is 0.497 e. The van der Waals surface area contributed by atoms with E-state index in [4.69, 9.17) is 9.47 Å². The Labute approximate surface area is 103 Å². The van der Waals surface area contributed by atoms with E-state index in [2.05, 4.69) is 15.9 Å². The van der Waals surface area contributed by atoms with Crippen LogP contribution in [-0.2, 0) is 0 Å². The first-order valence-corrected chi connectivity index (χ1v) is 5.90. The molecule has 90 valence electrons. The Morgan fingerprint density at radius 2 is 1.94 bits per heavy atom. The topological polar surface area (TPSA) is 58.9 Å². The van der Waals surface area contributed by atoms with Crippen molar-refractivity contribution < 1.29 is 19.7 Å². The van der Waals surface area contributed by atoms with Crippen molar-refractivity contribution in [2.75, 3.05) is 19.5 Å². The van der Waals surface area contributed by atoms with Gasteiger partial charge in [-0.2, -0.15) is 0 Å². The van der Waals surface area contributed by atoms with Gasteiger partial charge in [-0.05, 0) is 12.1 Å². The Kier molecular flexibility index (Phi) is 5.05. The molecule has 0 amide bonds. The molecule has 1 rings (SSSR count). The van der Waals surface area contributed by atoms with Crippen molar-refractivity contribution in [3.05, 3.63) is 23.8 Å². The lowest BCUT2D eigenvalue weighted by Gasteiger charge is -2.19. The number of alkyl halides is 1. The molecule has 0 aliphatic rings. The van der Waals surface area contributed by atoms with Gasteiger partial charge in [-0.3, -0.25) is 0 Å². The number of ether oxygens (including phenoxy) is 2. The SMILES string of the molecule is COc1ccc(C(O)C(O)CBr)c(OC)c1. The summed E-state index contributed by atoms with van der Waals surface area (Å²) in [7, 11) is 3.06. The Morgan fingerprint density at radius 1 is 1.25 bits per heavy atom. The number of methoxy groups -OCH3 is 2. The maximum absolute atomic E-state index is 9.86. The highest BCUT2D eigenvalue weighted by molar-refractivity contribution is 9.09. The summed E-state index contributed by atoms with van der Waals surface area (Å²) < 4.78 is 10.2. The Bertz CT molecular complexity index is 343. The summed E-state index contributed by atoms with van der Waals surface area (Å²) in [6.45, 7) is 0. The van der Waals surface area contributed by atoms with Crippen LogP contribution in [0, 0.1) is 0 Å². The zero-order chi connectivity index (χ0) is 12.1. The lowest BCUT2D eigenvalue weighted by molar-refractivity contribution is 0.0327. The first-order valence-electron chi connectivity index (χ1n) is 4.78. The molecular weight excluding hydrogens is 276 g/mol. The lowest BCUT2D eigenvalue weighted by Crippen LogP contribution is -2.20. The highest BCUT2D eigenvalue weighted by Gasteiger charge is 2.21. The molecule has 2 atom stereocenters. The Morgan fingerprint density at radius 3 is 2.44 bits per heavy atom. The van der Waals surface area contributed by atoms with Crippen molar-refractivity contribution in [1.82, 2.24) is 0 Å². The molecule has 5 heteroatoms. The smallest absolute Gasteiger partial charge is 0.128 e.